The lowest BCUT2D eigenvalue weighted by molar-refractivity contribution is -0.144. The lowest BCUT2D eigenvalue weighted by atomic mass is 9.85. The van der Waals surface area contributed by atoms with Crippen LogP contribution in [0, 0.1) is 0 Å². The normalized spacial score (nSPS) is 18.2. The molecule has 0 radical (unpaired) electrons. The maximum absolute atomic E-state index is 12.7. The van der Waals surface area contributed by atoms with Gasteiger partial charge in [0.15, 0.2) is 6.73 Å². The highest BCUT2D eigenvalue weighted by molar-refractivity contribution is 14.1. The van der Waals surface area contributed by atoms with Gasteiger partial charge in [-0.1, -0.05) is 52.9 Å². The number of carbonyl (C=O) groups excluding carboxylic acids is 3. The van der Waals surface area contributed by atoms with Crippen LogP contribution >= 0.6 is 22.6 Å². The number of nitrogens with zero attached hydrogens (tertiary/aromatic N) is 2. The van der Waals surface area contributed by atoms with Crippen LogP contribution in [0.4, 0.5) is 4.79 Å². The number of piperidine rings is 1. The first-order chi connectivity index (χ1) is 15.0. The second-order valence-corrected chi connectivity index (χ2v) is 7.45. The molecular weight excluding hydrogens is 513 g/mol. The zero-order valence-corrected chi connectivity index (χ0v) is 19.4. The Kier molecular flexibility index (Phi) is 10.2. The number of benzene rings is 1. The highest BCUT2D eigenvalue weighted by Gasteiger charge is 2.39. The van der Waals surface area contributed by atoms with Crippen LogP contribution in [0.25, 0.3) is 0 Å². The van der Waals surface area contributed by atoms with Crippen LogP contribution in [0.1, 0.15) is 30.7 Å². The third-order valence-electron chi connectivity index (χ3n) is 4.91. The van der Waals surface area contributed by atoms with Gasteiger partial charge in [-0.25, -0.2) is 4.79 Å². The molecule has 2 N–H and O–H groups in total. The molecule has 8 nitrogen and oxygen atoms in total. The first-order valence-corrected chi connectivity index (χ1v) is 11.1. The second kappa shape index (κ2) is 12.9. The summed E-state index contributed by atoms with van der Waals surface area (Å²) in [7, 11) is 1.35. The molecule has 2 atom stereocenters. The number of esters is 1. The molecule has 2 rings (SSSR count). The summed E-state index contributed by atoms with van der Waals surface area (Å²) in [6.07, 6.45) is 6.36. The Morgan fingerprint density at radius 3 is 2.68 bits per heavy atom. The van der Waals surface area contributed by atoms with E-state index in [1.54, 1.807) is 8.98 Å². The van der Waals surface area contributed by atoms with Crippen molar-refractivity contribution in [1.29, 1.82) is 0 Å². The zero-order valence-electron chi connectivity index (χ0n) is 17.3. The SMILES string of the molecule is COC(=O)C(c1ccccc1)C1CCCCN1C(=O)OCN=C/C=C\C(=C/I)C(N)=O. The summed E-state index contributed by atoms with van der Waals surface area (Å²) in [5.74, 6) is -1.51. The molecule has 2 unspecified atom stereocenters. The lowest BCUT2D eigenvalue weighted by Crippen LogP contribution is -2.49. The van der Waals surface area contributed by atoms with Gasteiger partial charge in [0.05, 0.1) is 13.2 Å². The molecule has 0 saturated carbocycles. The Morgan fingerprint density at radius 1 is 1.29 bits per heavy atom. The number of hydrogen-bond donors (Lipinski definition) is 1. The van der Waals surface area contributed by atoms with Crippen LogP contribution in [0.2, 0.25) is 0 Å². The smallest absolute Gasteiger partial charge is 0.411 e. The van der Waals surface area contributed by atoms with Gasteiger partial charge in [0.2, 0.25) is 5.91 Å². The minimum atomic E-state index is -0.585. The van der Waals surface area contributed by atoms with E-state index in [4.69, 9.17) is 15.2 Å². The molecule has 1 fully saturated rings. The van der Waals surface area contributed by atoms with Gasteiger partial charge in [0, 0.05) is 18.3 Å². The fourth-order valence-electron chi connectivity index (χ4n) is 3.43. The third kappa shape index (κ3) is 7.20. The van der Waals surface area contributed by atoms with Crippen molar-refractivity contribution in [3.63, 3.8) is 0 Å². The summed E-state index contributed by atoms with van der Waals surface area (Å²) >= 11 is 1.92. The molecular formula is C22H26IN3O5. The minimum Gasteiger partial charge on any atom is -0.468 e. The fourth-order valence-corrected chi connectivity index (χ4v) is 3.95. The summed E-state index contributed by atoms with van der Waals surface area (Å²) in [6.45, 7) is 0.316. The van der Waals surface area contributed by atoms with Crippen LogP contribution in [0.5, 0.6) is 0 Å². The number of likely N-dealkylation sites (tertiary alicyclic amines) is 1. The van der Waals surface area contributed by atoms with Crippen molar-refractivity contribution in [2.24, 2.45) is 10.7 Å². The third-order valence-corrected chi connectivity index (χ3v) is 5.59. The Morgan fingerprint density at radius 2 is 2.03 bits per heavy atom. The number of halogens is 1. The van der Waals surface area contributed by atoms with Gasteiger partial charge in [0.1, 0.15) is 5.92 Å². The van der Waals surface area contributed by atoms with Gasteiger partial charge in [-0.2, -0.15) is 0 Å². The summed E-state index contributed by atoms with van der Waals surface area (Å²) in [4.78, 5) is 42.0. The van der Waals surface area contributed by atoms with Gasteiger partial charge < -0.3 is 20.1 Å². The molecule has 1 aromatic rings. The molecule has 1 aliphatic heterocycles. The van der Waals surface area contributed by atoms with Crippen molar-refractivity contribution in [3.8, 4) is 0 Å². The largest absolute Gasteiger partial charge is 0.468 e. The number of carbonyl (C=O) groups is 3. The second-order valence-electron chi connectivity index (χ2n) is 6.83. The van der Waals surface area contributed by atoms with Gasteiger partial charge >= 0.3 is 12.1 Å². The molecule has 1 heterocycles. The van der Waals surface area contributed by atoms with Crippen LogP contribution in [0.15, 0.2) is 57.1 Å². The molecule has 2 amide bonds. The van der Waals surface area contributed by atoms with E-state index in [-0.39, 0.29) is 18.7 Å². The van der Waals surface area contributed by atoms with Crippen molar-refractivity contribution in [2.75, 3.05) is 20.4 Å². The summed E-state index contributed by atoms with van der Waals surface area (Å²) in [6, 6.07) is 8.96. The van der Waals surface area contributed by atoms with E-state index < -0.39 is 17.9 Å². The fraction of sp³-hybridized carbons (Fsp3) is 0.364. The van der Waals surface area contributed by atoms with Crippen molar-refractivity contribution >= 4 is 46.8 Å². The molecule has 0 aromatic heterocycles. The average molecular weight is 539 g/mol. The maximum atomic E-state index is 12.7. The van der Waals surface area contributed by atoms with Gasteiger partial charge in [-0.05, 0) is 41.1 Å². The Hall–Kier alpha value is -2.69. The topological polar surface area (TPSA) is 111 Å². The molecule has 9 heteroatoms. The molecule has 31 heavy (non-hydrogen) atoms. The molecule has 1 aromatic carbocycles. The number of aliphatic imine (C=N–C) groups is 1. The number of amides is 2. The Labute approximate surface area is 195 Å². The molecule has 0 spiro atoms. The van der Waals surface area contributed by atoms with Gasteiger partial charge in [-0.15, -0.1) is 0 Å². The standard InChI is InChI=1S/C22H26IN3O5/c1-30-21(28)19(16-8-3-2-4-9-16)18-11-5-6-13-26(18)22(29)31-15-25-12-7-10-17(14-23)20(24)27/h2-4,7-10,12,14,18-19H,5-6,11,13,15H2,1H3,(H2,24,27)/b10-7-,17-14+,25-12?. The first-order valence-electron chi connectivity index (χ1n) is 9.82. The number of primary amides is 1. The quantitative estimate of drug-likeness (QED) is 0.179. The number of rotatable bonds is 8. The van der Waals surface area contributed by atoms with Crippen LogP contribution in [0.3, 0.4) is 0 Å². The van der Waals surface area contributed by atoms with E-state index in [0.717, 1.165) is 18.4 Å². The minimum absolute atomic E-state index is 0.180. The van der Waals surface area contributed by atoms with Gasteiger partial charge in [0.25, 0.3) is 0 Å². The van der Waals surface area contributed by atoms with Crippen molar-refractivity contribution in [3.05, 3.63) is 57.7 Å². The van der Waals surface area contributed by atoms with E-state index in [1.165, 1.54) is 25.5 Å². The highest BCUT2D eigenvalue weighted by Crippen LogP contribution is 2.32. The summed E-state index contributed by atoms with van der Waals surface area (Å²) < 4.78 is 11.9. The predicted octanol–water partition coefficient (Wildman–Crippen LogP) is 3.32. The van der Waals surface area contributed by atoms with Crippen molar-refractivity contribution < 1.29 is 23.9 Å². The number of ether oxygens (including phenoxy) is 2. The van der Waals surface area contributed by atoms with E-state index in [0.29, 0.717) is 18.5 Å². The van der Waals surface area contributed by atoms with Crippen LogP contribution in [-0.4, -0.2) is 55.5 Å². The van der Waals surface area contributed by atoms with E-state index >= 15 is 0 Å². The number of hydrogen-bond acceptors (Lipinski definition) is 6. The van der Waals surface area contributed by atoms with Crippen LogP contribution in [-0.2, 0) is 19.1 Å². The molecule has 0 bridgehead atoms. The maximum Gasteiger partial charge on any atom is 0.411 e. The van der Waals surface area contributed by atoms with E-state index in [1.807, 2.05) is 52.9 Å². The first kappa shape index (κ1) is 24.6. The summed E-state index contributed by atoms with van der Waals surface area (Å²) in [5.41, 5.74) is 6.35. The summed E-state index contributed by atoms with van der Waals surface area (Å²) in [5, 5.41) is 0. The van der Waals surface area contributed by atoms with E-state index in [9.17, 15) is 14.4 Å². The Balaban J connectivity index is 2.04. The van der Waals surface area contributed by atoms with Gasteiger partial charge in [-0.3, -0.25) is 14.6 Å². The monoisotopic (exact) mass is 539 g/mol. The average Bonchev–Trinajstić information content (AvgIpc) is 2.79. The predicted molar refractivity (Wildman–Crippen MR) is 126 cm³/mol. The van der Waals surface area contributed by atoms with Crippen LogP contribution < -0.4 is 5.73 Å². The highest BCUT2D eigenvalue weighted by atomic mass is 127. The zero-order chi connectivity index (χ0) is 22.6. The number of methoxy groups -OCH3 is 1. The number of nitrogens with two attached hydrogens (primary N) is 1. The van der Waals surface area contributed by atoms with Crippen molar-refractivity contribution in [2.45, 2.75) is 31.2 Å². The lowest BCUT2D eigenvalue weighted by Gasteiger charge is -2.38. The molecule has 1 aliphatic rings. The Bertz CT molecular complexity index is 854. The number of allylic oxidation sites excluding steroid dienone is 1. The van der Waals surface area contributed by atoms with Crippen molar-refractivity contribution in [1.82, 2.24) is 4.90 Å². The van der Waals surface area contributed by atoms with E-state index in [2.05, 4.69) is 4.99 Å². The molecule has 0 aliphatic carbocycles. The molecule has 1 saturated heterocycles. The molecule has 166 valence electrons.